The van der Waals surface area contributed by atoms with Gasteiger partial charge in [-0.15, -0.1) is 0 Å². The van der Waals surface area contributed by atoms with E-state index in [0.717, 1.165) is 18.2 Å². The van der Waals surface area contributed by atoms with Crippen LogP contribution in [0.25, 0.3) is 11.3 Å². The molecule has 0 unspecified atom stereocenters. The number of halogens is 5. The van der Waals surface area contributed by atoms with E-state index in [-0.39, 0.29) is 35.9 Å². The number of aromatic nitrogens is 2. The molecule has 3 aromatic rings. The summed E-state index contributed by atoms with van der Waals surface area (Å²) in [5.74, 6) is -4.92. The van der Waals surface area contributed by atoms with Gasteiger partial charge in [0.1, 0.15) is 17.3 Å². The molecular formula is C24H20ClF4N5O2. The number of urea groups is 1. The number of carbonyl (C=O) groups excluding carboxylic acids is 2. The molecule has 3 amide bonds. The number of rotatable bonds is 4. The molecule has 0 bridgehead atoms. The third kappa shape index (κ3) is 4.17. The maximum absolute atomic E-state index is 13.9. The smallest absolute Gasteiger partial charge is 0.318 e. The summed E-state index contributed by atoms with van der Waals surface area (Å²) >= 11 is 5.89. The van der Waals surface area contributed by atoms with E-state index in [2.05, 4.69) is 10.4 Å². The molecular weight excluding hydrogens is 502 g/mol. The number of alkyl halides is 2. The van der Waals surface area contributed by atoms with Crippen LogP contribution >= 0.6 is 11.6 Å². The van der Waals surface area contributed by atoms with Crippen molar-refractivity contribution in [1.82, 2.24) is 20.0 Å². The predicted octanol–water partition coefficient (Wildman–Crippen LogP) is 4.43. The second-order valence-electron chi connectivity index (χ2n) is 9.04. The topological polar surface area (TPSA) is 93.2 Å². The van der Waals surface area contributed by atoms with Crippen molar-refractivity contribution in [2.45, 2.75) is 37.4 Å². The van der Waals surface area contributed by atoms with E-state index in [9.17, 15) is 27.2 Å². The highest BCUT2D eigenvalue weighted by atomic mass is 35.5. The second-order valence-corrected chi connectivity index (χ2v) is 9.44. The van der Waals surface area contributed by atoms with Gasteiger partial charge in [0.05, 0.1) is 34.9 Å². The molecule has 36 heavy (non-hydrogen) atoms. The lowest BCUT2D eigenvalue weighted by atomic mass is 9.69. The summed E-state index contributed by atoms with van der Waals surface area (Å²) in [6.07, 6.45) is -1.24. The minimum absolute atomic E-state index is 0.0543. The quantitative estimate of drug-likeness (QED) is 0.497. The van der Waals surface area contributed by atoms with Crippen molar-refractivity contribution < 1.29 is 27.2 Å². The number of carbonyl (C=O) groups is 2. The number of amides is 3. The molecule has 1 aliphatic heterocycles. The van der Waals surface area contributed by atoms with Crippen LogP contribution in [0.3, 0.4) is 0 Å². The normalized spacial score (nSPS) is 17.8. The number of primary amides is 1. The van der Waals surface area contributed by atoms with E-state index >= 15 is 0 Å². The minimum Gasteiger partial charge on any atom is -0.365 e. The van der Waals surface area contributed by atoms with Crippen LogP contribution in [0.1, 0.15) is 34.5 Å². The average molecular weight is 522 g/mol. The molecule has 3 N–H and O–H groups in total. The molecule has 1 fully saturated rings. The van der Waals surface area contributed by atoms with Crippen LogP contribution in [0.4, 0.5) is 22.4 Å². The Morgan fingerprint density at radius 1 is 1.06 bits per heavy atom. The molecule has 2 heterocycles. The first-order valence-corrected chi connectivity index (χ1v) is 11.4. The molecule has 0 spiro atoms. The number of fused-ring (bicyclic) bond motifs is 1. The molecule has 12 heteroatoms. The van der Waals surface area contributed by atoms with Gasteiger partial charge in [0.2, 0.25) is 0 Å². The van der Waals surface area contributed by atoms with Crippen molar-refractivity contribution in [2.24, 2.45) is 5.73 Å². The predicted molar refractivity (Wildman–Crippen MR) is 122 cm³/mol. The van der Waals surface area contributed by atoms with E-state index in [0.29, 0.717) is 16.8 Å². The summed E-state index contributed by atoms with van der Waals surface area (Å²) in [5, 5.41) is 6.97. The fourth-order valence-corrected chi connectivity index (χ4v) is 5.02. The Labute approximate surface area is 207 Å². The van der Waals surface area contributed by atoms with E-state index in [1.165, 1.54) is 33.8 Å². The lowest BCUT2D eigenvalue weighted by Gasteiger charge is -2.49. The molecule has 5 rings (SSSR count). The first-order valence-electron chi connectivity index (χ1n) is 11.0. The van der Waals surface area contributed by atoms with Crippen LogP contribution < -0.4 is 11.1 Å². The Balaban J connectivity index is 1.43. The lowest BCUT2D eigenvalue weighted by Crippen LogP contribution is -2.62. The summed E-state index contributed by atoms with van der Waals surface area (Å²) in [6, 6.07) is 8.32. The number of benzene rings is 2. The monoisotopic (exact) mass is 521 g/mol. The fourth-order valence-electron chi connectivity index (χ4n) is 4.84. The number of nitrogens with two attached hydrogens (primary N) is 1. The molecule has 1 aromatic heterocycles. The van der Waals surface area contributed by atoms with Gasteiger partial charge in [0.15, 0.2) is 0 Å². The lowest BCUT2D eigenvalue weighted by molar-refractivity contribution is -0.134. The number of nitrogens with one attached hydrogen (secondary N) is 1. The molecule has 7 nitrogen and oxygen atoms in total. The van der Waals surface area contributed by atoms with E-state index in [4.69, 9.17) is 17.3 Å². The molecule has 2 aliphatic rings. The highest BCUT2D eigenvalue weighted by Crippen LogP contribution is 2.51. The van der Waals surface area contributed by atoms with Gasteiger partial charge in [0.25, 0.3) is 11.8 Å². The Morgan fingerprint density at radius 2 is 1.75 bits per heavy atom. The van der Waals surface area contributed by atoms with Gasteiger partial charge in [-0.3, -0.25) is 9.48 Å². The Bertz CT molecular complexity index is 1370. The highest BCUT2D eigenvalue weighted by molar-refractivity contribution is 6.31. The third-order valence-electron chi connectivity index (χ3n) is 6.57. The summed E-state index contributed by atoms with van der Waals surface area (Å²) < 4.78 is 56.4. The van der Waals surface area contributed by atoms with Crippen molar-refractivity contribution in [3.05, 3.63) is 75.9 Å². The van der Waals surface area contributed by atoms with Crippen molar-refractivity contribution in [3.63, 3.8) is 0 Å². The number of hydrogen-bond donors (Lipinski definition) is 2. The van der Waals surface area contributed by atoms with E-state index < -0.39 is 47.9 Å². The van der Waals surface area contributed by atoms with Crippen LogP contribution in [0.15, 0.2) is 42.5 Å². The Kier molecular flexibility index (Phi) is 5.70. The highest BCUT2D eigenvalue weighted by Gasteiger charge is 2.58. The molecule has 0 atom stereocenters. The van der Waals surface area contributed by atoms with E-state index in [1.54, 1.807) is 0 Å². The first-order chi connectivity index (χ1) is 17.0. The fraction of sp³-hybridized carbons (Fsp3) is 0.292. The maximum Gasteiger partial charge on any atom is 0.318 e. The molecule has 188 valence electrons. The molecule has 1 aliphatic carbocycles. The summed E-state index contributed by atoms with van der Waals surface area (Å²) in [7, 11) is 0. The average Bonchev–Trinajstić information content (AvgIpc) is 3.19. The first kappa shape index (κ1) is 24.1. The summed E-state index contributed by atoms with van der Waals surface area (Å²) in [5.41, 5.74) is 5.63. The second kappa shape index (κ2) is 8.51. The van der Waals surface area contributed by atoms with Gasteiger partial charge < -0.3 is 16.0 Å². The minimum atomic E-state index is -2.97. The molecule has 0 saturated heterocycles. The largest absolute Gasteiger partial charge is 0.365 e. The van der Waals surface area contributed by atoms with Gasteiger partial charge >= 0.3 is 6.03 Å². The molecule has 0 radical (unpaired) electrons. The van der Waals surface area contributed by atoms with Gasteiger partial charge in [0, 0.05) is 24.9 Å². The zero-order chi connectivity index (χ0) is 25.8. The molecule has 1 saturated carbocycles. The van der Waals surface area contributed by atoms with Crippen LogP contribution in [0.2, 0.25) is 5.02 Å². The SMILES string of the molecule is NC(=O)c1c(-c2ccc(F)c(Cl)c2)nn2c1CN(C(=O)NC1(c3ccc(F)cc3)CC(F)(F)C1)CC2. The van der Waals surface area contributed by atoms with Crippen molar-refractivity contribution in [3.8, 4) is 11.3 Å². The zero-order valence-electron chi connectivity index (χ0n) is 18.7. The van der Waals surface area contributed by atoms with Crippen LogP contribution in [-0.4, -0.2) is 39.1 Å². The molecule has 2 aromatic carbocycles. The van der Waals surface area contributed by atoms with Crippen LogP contribution in [0.5, 0.6) is 0 Å². The number of nitrogens with zero attached hydrogens (tertiary/aromatic N) is 3. The third-order valence-corrected chi connectivity index (χ3v) is 6.86. The zero-order valence-corrected chi connectivity index (χ0v) is 19.5. The van der Waals surface area contributed by atoms with E-state index in [1.807, 2.05) is 0 Å². The van der Waals surface area contributed by atoms with Crippen molar-refractivity contribution >= 4 is 23.5 Å². The van der Waals surface area contributed by atoms with Crippen LogP contribution in [-0.2, 0) is 18.6 Å². The maximum atomic E-state index is 13.9. The Morgan fingerprint density at radius 3 is 2.36 bits per heavy atom. The summed E-state index contributed by atoms with van der Waals surface area (Å²) in [4.78, 5) is 26.9. The standard InChI is InChI=1S/C24H20ClF4N5O2/c25-16-9-13(1-6-17(16)27)20-19(21(30)35)18-10-33(7-8-34(18)32-20)22(36)31-23(11-24(28,29)12-23)14-2-4-15(26)5-3-14/h1-6,9H,7-8,10-12H2,(H2,30,35)(H,31,36). The van der Waals surface area contributed by atoms with Crippen LogP contribution in [0, 0.1) is 11.6 Å². The Hall–Kier alpha value is -3.60. The van der Waals surface area contributed by atoms with Gasteiger partial charge in [-0.1, -0.05) is 23.7 Å². The number of hydrogen-bond acceptors (Lipinski definition) is 3. The van der Waals surface area contributed by atoms with Crippen molar-refractivity contribution in [2.75, 3.05) is 6.54 Å². The summed E-state index contributed by atoms with van der Waals surface area (Å²) in [6.45, 7) is 0.317. The van der Waals surface area contributed by atoms with Gasteiger partial charge in [-0.05, 0) is 35.9 Å². The van der Waals surface area contributed by atoms with Crippen molar-refractivity contribution in [1.29, 1.82) is 0 Å². The van der Waals surface area contributed by atoms with Gasteiger partial charge in [-0.2, -0.15) is 5.10 Å². The van der Waals surface area contributed by atoms with Gasteiger partial charge in [-0.25, -0.2) is 22.4 Å².